The second-order valence-electron chi connectivity index (χ2n) is 7.84. The largest absolute Gasteiger partial charge is 0.352 e. The Morgan fingerprint density at radius 3 is 1.48 bits per heavy atom. The Balaban J connectivity index is 1.75. The van der Waals surface area contributed by atoms with Crippen LogP contribution >= 0.6 is 0 Å². The molecule has 1 heteroatoms. The van der Waals surface area contributed by atoms with Gasteiger partial charge in [-0.3, -0.25) is 0 Å². The molecular formula is C24H45N. The summed E-state index contributed by atoms with van der Waals surface area (Å²) in [4.78, 5) is 0. The van der Waals surface area contributed by atoms with E-state index in [-0.39, 0.29) is 0 Å². The molecule has 0 spiro atoms. The van der Waals surface area contributed by atoms with Crippen LogP contribution in [0.1, 0.15) is 122 Å². The summed E-state index contributed by atoms with van der Waals surface area (Å²) in [5.41, 5.74) is 1.52. The third-order valence-electron chi connectivity index (χ3n) is 5.55. The van der Waals surface area contributed by atoms with Crippen molar-refractivity contribution in [1.29, 1.82) is 0 Å². The quantitative estimate of drug-likeness (QED) is 0.235. The van der Waals surface area contributed by atoms with Gasteiger partial charge >= 0.3 is 0 Å². The molecule has 1 heterocycles. The smallest absolute Gasteiger partial charge is 0.0193 e. The molecule has 25 heavy (non-hydrogen) atoms. The van der Waals surface area contributed by atoms with E-state index < -0.39 is 0 Å². The van der Waals surface area contributed by atoms with Crippen LogP contribution in [0, 0.1) is 0 Å². The number of hydrogen-bond acceptors (Lipinski definition) is 0. The monoisotopic (exact) mass is 347 g/mol. The Labute approximate surface area is 158 Å². The van der Waals surface area contributed by atoms with Gasteiger partial charge in [-0.1, -0.05) is 103 Å². The van der Waals surface area contributed by atoms with Crippen LogP contribution in [-0.2, 0) is 13.0 Å². The molecule has 1 aromatic heterocycles. The van der Waals surface area contributed by atoms with E-state index in [1.807, 2.05) is 0 Å². The molecule has 0 aliphatic carbocycles. The first kappa shape index (κ1) is 22.3. The van der Waals surface area contributed by atoms with Crippen LogP contribution in [0.15, 0.2) is 18.3 Å². The Morgan fingerprint density at radius 2 is 1.04 bits per heavy atom. The lowest BCUT2D eigenvalue weighted by molar-refractivity contribution is 0.528. The van der Waals surface area contributed by atoms with Gasteiger partial charge in [-0.25, -0.2) is 0 Å². The highest BCUT2D eigenvalue weighted by atomic mass is 14.9. The minimum Gasteiger partial charge on any atom is -0.352 e. The molecule has 0 saturated carbocycles. The van der Waals surface area contributed by atoms with Gasteiger partial charge in [0, 0.05) is 18.4 Å². The summed E-state index contributed by atoms with van der Waals surface area (Å²) >= 11 is 0. The van der Waals surface area contributed by atoms with E-state index in [2.05, 4.69) is 36.7 Å². The fourth-order valence-corrected chi connectivity index (χ4v) is 3.84. The van der Waals surface area contributed by atoms with Crippen molar-refractivity contribution >= 4 is 0 Å². The van der Waals surface area contributed by atoms with Gasteiger partial charge in [-0.05, 0) is 31.9 Å². The molecule has 0 atom stereocenters. The SMILES string of the molecule is CCCCCCCCCCCCCCCCCCc1cccn1CC. The van der Waals surface area contributed by atoms with Crippen LogP contribution in [0.25, 0.3) is 0 Å². The van der Waals surface area contributed by atoms with Crippen molar-refractivity contribution in [3.05, 3.63) is 24.0 Å². The zero-order chi connectivity index (χ0) is 18.0. The Morgan fingerprint density at radius 1 is 0.600 bits per heavy atom. The minimum absolute atomic E-state index is 1.11. The third-order valence-corrected chi connectivity index (χ3v) is 5.55. The van der Waals surface area contributed by atoms with Gasteiger partial charge < -0.3 is 4.57 Å². The van der Waals surface area contributed by atoms with Crippen LogP contribution in [0.4, 0.5) is 0 Å². The fourth-order valence-electron chi connectivity index (χ4n) is 3.84. The number of unbranched alkanes of at least 4 members (excludes halogenated alkanes) is 15. The molecule has 1 aromatic rings. The first-order chi connectivity index (χ1) is 12.4. The summed E-state index contributed by atoms with van der Waals surface area (Å²) < 4.78 is 2.38. The molecule has 0 amide bonds. The molecule has 0 N–H and O–H groups in total. The highest BCUT2D eigenvalue weighted by Crippen LogP contribution is 2.14. The average Bonchev–Trinajstić information content (AvgIpc) is 3.09. The van der Waals surface area contributed by atoms with E-state index in [1.165, 1.54) is 115 Å². The van der Waals surface area contributed by atoms with Crippen molar-refractivity contribution in [2.45, 2.75) is 130 Å². The van der Waals surface area contributed by atoms with E-state index in [0.717, 1.165) is 6.54 Å². The Bertz CT molecular complexity index is 379. The molecule has 0 radical (unpaired) electrons. The van der Waals surface area contributed by atoms with Crippen molar-refractivity contribution in [2.24, 2.45) is 0 Å². The molecule has 0 aliphatic rings. The number of rotatable bonds is 18. The lowest BCUT2D eigenvalue weighted by Gasteiger charge is -2.06. The van der Waals surface area contributed by atoms with Crippen LogP contribution < -0.4 is 0 Å². The van der Waals surface area contributed by atoms with Crippen LogP contribution in [0.3, 0.4) is 0 Å². The lowest BCUT2D eigenvalue weighted by atomic mass is 10.0. The standard InChI is InChI=1S/C24H45N/c1-3-5-6-7-8-9-10-11-12-13-14-15-16-17-18-19-21-24-22-20-23-25(24)4-2/h20,22-23H,3-19,21H2,1-2H3. The first-order valence-corrected chi connectivity index (χ1v) is 11.5. The molecule has 0 unspecified atom stereocenters. The zero-order valence-electron chi connectivity index (χ0n) is 17.4. The van der Waals surface area contributed by atoms with Crippen molar-refractivity contribution in [3.8, 4) is 0 Å². The molecule has 0 aromatic carbocycles. The second-order valence-corrected chi connectivity index (χ2v) is 7.84. The predicted molar refractivity (Wildman–Crippen MR) is 113 cm³/mol. The molecule has 146 valence electrons. The molecule has 0 aliphatic heterocycles. The van der Waals surface area contributed by atoms with Gasteiger partial charge in [0.05, 0.1) is 0 Å². The van der Waals surface area contributed by atoms with Gasteiger partial charge in [-0.2, -0.15) is 0 Å². The topological polar surface area (TPSA) is 4.93 Å². The van der Waals surface area contributed by atoms with Gasteiger partial charge in [0.1, 0.15) is 0 Å². The van der Waals surface area contributed by atoms with E-state index in [0.29, 0.717) is 0 Å². The molecule has 0 saturated heterocycles. The van der Waals surface area contributed by atoms with Gasteiger partial charge in [-0.15, -0.1) is 0 Å². The second kappa shape index (κ2) is 16.7. The summed E-state index contributed by atoms with van der Waals surface area (Å²) in [6, 6.07) is 4.47. The van der Waals surface area contributed by atoms with Crippen LogP contribution in [-0.4, -0.2) is 4.57 Å². The van der Waals surface area contributed by atoms with Crippen molar-refractivity contribution in [1.82, 2.24) is 4.57 Å². The third kappa shape index (κ3) is 12.3. The molecule has 1 nitrogen and oxygen atoms in total. The number of hydrogen-bond donors (Lipinski definition) is 0. The highest BCUT2D eigenvalue weighted by molar-refractivity contribution is 5.06. The predicted octanol–water partition coefficient (Wildman–Crippen LogP) is 8.31. The summed E-state index contributed by atoms with van der Waals surface area (Å²) in [7, 11) is 0. The van der Waals surface area contributed by atoms with E-state index in [4.69, 9.17) is 0 Å². The molecule has 0 bridgehead atoms. The normalized spacial score (nSPS) is 11.3. The lowest BCUT2D eigenvalue weighted by Crippen LogP contribution is -1.98. The number of nitrogens with zero attached hydrogens (tertiary/aromatic N) is 1. The van der Waals surface area contributed by atoms with Crippen molar-refractivity contribution in [2.75, 3.05) is 0 Å². The van der Waals surface area contributed by atoms with E-state index >= 15 is 0 Å². The van der Waals surface area contributed by atoms with Gasteiger partial charge in [0.15, 0.2) is 0 Å². The first-order valence-electron chi connectivity index (χ1n) is 11.5. The van der Waals surface area contributed by atoms with E-state index in [9.17, 15) is 0 Å². The number of aromatic nitrogens is 1. The molecular weight excluding hydrogens is 302 g/mol. The van der Waals surface area contributed by atoms with Crippen molar-refractivity contribution in [3.63, 3.8) is 0 Å². The summed E-state index contributed by atoms with van der Waals surface area (Å²) in [5, 5.41) is 0. The van der Waals surface area contributed by atoms with Crippen molar-refractivity contribution < 1.29 is 0 Å². The maximum absolute atomic E-state index is 2.38. The van der Waals surface area contributed by atoms with E-state index in [1.54, 1.807) is 0 Å². The summed E-state index contributed by atoms with van der Waals surface area (Å²) in [6.07, 6.45) is 26.7. The zero-order valence-corrected chi connectivity index (χ0v) is 17.4. The minimum atomic E-state index is 1.11. The summed E-state index contributed by atoms with van der Waals surface area (Å²) in [5.74, 6) is 0. The van der Waals surface area contributed by atoms with Crippen LogP contribution in [0.5, 0.6) is 0 Å². The summed E-state index contributed by atoms with van der Waals surface area (Å²) in [6.45, 7) is 5.64. The molecule has 0 fully saturated rings. The number of aryl methyl sites for hydroxylation is 2. The van der Waals surface area contributed by atoms with Gasteiger partial charge in [0.2, 0.25) is 0 Å². The molecule has 1 rings (SSSR count). The fraction of sp³-hybridized carbons (Fsp3) is 0.833. The maximum atomic E-state index is 2.38. The maximum Gasteiger partial charge on any atom is 0.0193 e. The van der Waals surface area contributed by atoms with Gasteiger partial charge in [0.25, 0.3) is 0 Å². The highest BCUT2D eigenvalue weighted by Gasteiger charge is 1.99. The van der Waals surface area contributed by atoms with Crippen LogP contribution in [0.2, 0.25) is 0 Å². The Hall–Kier alpha value is -0.720. The Kier molecular flexibility index (Phi) is 14.9. The average molecular weight is 348 g/mol.